The Hall–Kier alpha value is -12.5. The number of rotatable bonds is 0. The molecule has 0 N–H and O–H groups in total. The number of thiazole rings is 2. The number of aryl methyl sites for hydroxylation is 32. The molecule has 0 radical (unpaired) electrons. The molecule has 0 saturated carbocycles. The van der Waals surface area contributed by atoms with Gasteiger partial charge in [0, 0.05) is 164 Å². The van der Waals surface area contributed by atoms with Crippen LogP contribution in [-0.4, -0.2) is 139 Å². The third-order valence-electron chi connectivity index (χ3n) is 12.9. The van der Waals surface area contributed by atoms with Crippen LogP contribution in [0.3, 0.4) is 0 Å². The molecule has 116 heavy (non-hydrogen) atoms. The maximum Gasteiger partial charge on any atom is 0.223 e. The lowest BCUT2D eigenvalue weighted by atomic mass is 10.3. The lowest BCUT2D eigenvalue weighted by molar-refractivity contribution is 0.389. The molecule has 0 unspecified atom stereocenters. The standard InChI is InChI=1S/2C7H9N.2C6H8N2.4C5H8N2.2C5H7NO.2C5H7NS.2C4H7N3.2C4H6N2O/c1-6-3-4-7(2)8-5-6;1-6-4-3-5-7(2)8-6;1-5-3-7-6(2)8-4-5;1-5-3-4-7-6(2)8-5;2*1-5-3-6-7(2)4-5;2*1-5-3-4-7(2)6-5;4*1-4-3-7-5(2)6-4;2*1-4-5-3-7(2)6-4;2*1-3-5-4(2)7-6-3/h2*3-5H,1-2H3;2*3-4H,1-2H3;4*3-4H,1-2H3;6*3H,1-2H3;2*1-2H3. The van der Waals surface area contributed by atoms with Crippen molar-refractivity contribution in [2.45, 2.75) is 180 Å². The van der Waals surface area contributed by atoms with Crippen LogP contribution in [0.15, 0.2) is 164 Å². The highest BCUT2D eigenvalue weighted by Gasteiger charge is 1.95. The minimum absolute atomic E-state index is 0.623. The highest BCUT2D eigenvalue weighted by Crippen LogP contribution is 2.07. The van der Waals surface area contributed by atoms with Crippen LogP contribution >= 0.6 is 22.7 Å². The molecule has 624 valence electrons. The molecule has 32 nitrogen and oxygen atoms in total. The van der Waals surface area contributed by atoms with Crippen LogP contribution in [0, 0.1) is 180 Å². The zero-order valence-corrected chi connectivity index (χ0v) is 75.5. The van der Waals surface area contributed by atoms with Gasteiger partial charge in [-0.1, -0.05) is 22.4 Å². The normalized spacial score (nSPS) is 9.38. The molecule has 0 saturated heterocycles. The number of hydrogen-bond donors (Lipinski definition) is 0. The molecule has 16 aromatic rings. The third-order valence-corrected chi connectivity index (χ3v) is 14.7. The van der Waals surface area contributed by atoms with Gasteiger partial charge in [-0.3, -0.25) is 38.1 Å². The highest BCUT2D eigenvalue weighted by molar-refractivity contribution is 7.09. The predicted molar refractivity (Wildman–Crippen MR) is 456 cm³/mol. The fourth-order valence-corrected chi connectivity index (χ4v) is 9.17. The van der Waals surface area contributed by atoms with E-state index in [-0.39, 0.29) is 0 Å². The van der Waals surface area contributed by atoms with Gasteiger partial charge < -0.3 is 17.9 Å². The Morgan fingerprint density at radius 3 is 0.836 bits per heavy atom. The van der Waals surface area contributed by atoms with Gasteiger partial charge in [0.15, 0.2) is 23.4 Å². The Balaban J connectivity index is 0.000000619. The van der Waals surface area contributed by atoms with E-state index < -0.39 is 0 Å². The van der Waals surface area contributed by atoms with Crippen LogP contribution in [-0.2, 0) is 42.3 Å². The van der Waals surface area contributed by atoms with Gasteiger partial charge in [-0.2, -0.15) is 40.6 Å². The van der Waals surface area contributed by atoms with Crippen molar-refractivity contribution in [3.63, 3.8) is 0 Å². The molecule has 0 aliphatic heterocycles. The van der Waals surface area contributed by atoms with E-state index in [0.717, 1.165) is 108 Å². The monoisotopic (exact) mass is 1620 g/mol. The molecule has 16 heterocycles. The van der Waals surface area contributed by atoms with Crippen molar-refractivity contribution in [1.29, 1.82) is 0 Å². The molecule has 34 heteroatoms. The maximum absolute atomic E-state index is 4.85. The van der Waals surface area contributed by atoms with E-state index in [2.05, 4.69) is 137 Å². The van der Waals surface area contributed by atoms with Crippen LogP contribution in [0.25, 0.3) is 0 Å². The van der Waals surface area contributed by atoms with E-state index in [1.807, 2.05) is 293 Å². The van der Waals surface area contributed by atoms with Gasteiger partial charge in [-0.05, 0) is 211 Å². The molecule has 0 atom stereocenters. The first-order valence-electron chi connectivity index (χ1n) is 36.5. The van der Waals surface area contributed by atoms with Crippen molar-refractivity contribution < 1.29 is 17.9 Å². The van der Waals surface area contributed by atoms with Crippen LogP contribution < -0.4 is 0 Å². The summed E-state index contributed by atoms with van der Waals surface area (Å²) in [6.45, 7) is 50.0. The van der Waals surface area contributed by atoms with Crippen LogP contribution in [0.1, 0.15) is 148 Å². The van der Waals surface area contributed by atoms with Crippen molar-refractivity contribution in [3.05, 3.63) is 294 Å². The Kier molecular flexibility index (Phi) is 50.4. The zero-order chi connectivity index (χ0) is 87.2. The van der Waals surface area contributed by atoms with Crippen LogP contribution in [0.5, 0.6) is 0 Å². The first kappa shape index (κ1) is 102. The second-order valence-electron chi connectivity index (χ2n) is 25.8. The fraction of sp³-hybridized carbons (Fsp3) is 0.390. The Labute approximate surface area is 692 Å². The minimum atomic E-state index is 0.623. The largest absolute Gasteiger partial charge is 0.449 e. The molecule has 0 aliphatic rings. The average Bonchev–Trinajstić information content (AvgIpc) is 1.88. The molecule has 16 rings (SSSR count). The van der Waals surface area contributed by atoms with E-state index in [9.17, 15) is 0 Å². The van der Waals surface area contributed by atoms with Crippen LogP contribution in [0.4, 0.5) is 0 Å². The lowest BCUT2D eigenvalue weighted by Gasteiger charge is -1.90. The summed E-state index contributed by atoms with van der Waals surface area (Å²) in [5.74, 6) is 7.41. The molecule has 0 fully saturated rings. The second kappa shape index (κ2) is 57.5. The van der Waals surface area contributed by atoms with Crippen molar-refractivity contribution in [3.8, 4) is 0 Å². The zero-order valence-electron chi connectivity index (χ0n) is 73.8. The first-order chi connectivity index (χ1) is 54.6. The summed E-state index contributed by atoms with van der Waals surface area (Å²) in [5.41, 5.74) is 15.3. The number of hydrogen-bond acceptors (Lipinski definition) is 28. The van der Waals surface area contributed by atoms with Gasteiger partial charge in [0.2, 0.25) is 11.8 Å². The lowest BCUT2D eigenvalue weighted by Crippen LogP contribution is -1.86. The number of nitrogens with zero attached hydrogens (tertiary/aromatic N) is 28. The van der Waals surface area contributed by atoms with E-state index in [1.54, 1.807) is 110 Å². The topological polar surface area (TPSA) is 366 Å². The molecule has 0 aliphatic carbocycles. The van der Waals surface area contributed by atoms with Crippen molar-refractivity contribution in [2.24, 2.45) is 42.3 Å². The molecule has 16 aromatic heterocycles. The number of aromatic nitrogens is 28. The van der Waals surface area contributed by atoms with Gasteiger partial charge in [0.25, 0.3) is 0 Å². The quantitative estimate of drug-likeness (QED) is 0.136. The summed E-state index contributed by atoms with van der Waals surface area (Å²) in [6, 6.07) is 15.9. The van der Waals surface area contributed by atoms with Gasteiger partial charge in [-0.15, -0.1) is 22.7 Å². The maximum atomic E-state index is 4.85. The van der Waals surface area contributed by atoms with Gasteiger partial charge >= 0.3 is 0 Å². The first-order valence-corrected chi connectivity index (χ1v) is 38.2. The molecular formula is C82H120N28O4S2. The molecular weight excluding hydrogens is 1510 g/mol. The van der Waals surface area contributed by atoms with Crippen molar-refractivity contribution in [1.82, 2.24) is 139 Å². The molecule has 0 amide bonds. The SMILES string of the molecule is Cc1ccc(C)nc1.Cc1cccc(C)n1.Cc1ccn(C)n1.Cc1ccn(C)n1.Cc1ccnc(C)n1.Cc1cnc(C)nc1.Cc1cnn(C)c1.Cc1cnn(C)c1.Cc1coc(C)n1.Cc1coc(C)n1.Cc1csc(C)n1.Cc1csc(C)n1.Cc1ncn(C)n1.Cc1ncn(C)n1.Cc1noc(C)n1.Cc1noc(C)n1. The van der Waals surface area contributed by atoms with Gasteiger partial charge in [0.05, 0.1) is 45.2 Å². The second-order valence-corrected chi connectivity index (χ2v) is 27.9. The summed E-state index contributed by atoms with van der Waals surface area (Å²) in [4.78, 5) is 55.7. The summed E-state index contributed by atoms with van der Waals surface area (Å²) in [6.07, 6.45) is 25.3. The fourth-order valence-electron chi connectivity index (χ4n) is 7.98. The Morgan fingerprint density at radius 1 is 0.276 bits per heavy atom. The Bertz CT molecular complexity index is 3940. The minimum Gasteiger partial charge on any atom is -0.449 e. The van der Waals surface area contributed by atoms with Crippen molar-refractivity contribution in [2.75, 3.05) is 0 Å². The third kappa shape index (κ3) is 55.9. The predicted octanol–water partition coefficient (Wildman–Crippen LogP) is 16.2. The summed E-state index contributed by atoms with van der Waals surface area (Å²) >= 11 is 3.39. The van der Waals surface area contributed by atoms with E-state index in [1.165, 1.54) is 16.7 Å². The van der Waals surface area contributed by atoms with Gasteiger partial charge in [-0.25, -0.2) is 49.8 Å². The highest BCUT2D eigenvalue weighted by atomic mass is 32.1. The summed E-state index contributed by atoms with van der Waals surface area (Å²) in [5, 5.41) is 37.2. The van der Waals surface area contributed by atoms with Crippen molar-refractivity contribution >= 4 is 22.7 Å². The average molecular weight is 1630 g/mol. The molecule has 0 bridgehead atoms. The van der Waals surface area contributed by atoms with Crippen LogP contribution in [0.2, 0.25) is 0 Å². The Morgan fingerprint density at radius 2 is 0.690 bits per heavy atom. The summed E-state index contributed by atoms with van der Waals surface area (Å²) < 4.78 is 29.4. The molecule has 0 aromatic carbocycles. The number of pyridine rings is 2. The smallest absolute Gasteiger partial charge is 0.223 e. The molecule has 0 spiro atoms. The van der Waals surface area contributed by atoms with E-state index in [4.69, 9.17) is 8.83 Å². The van der Waals surface area contributed by atoms with E-state index >= 15 is 0 Å². The van der Waals surface area contributed by atoms with E-state index in [0.29, 0.717) is 23.4 Å². The van der Waals surface area contributed by atoms with Gasteiger partial charge in [0.1, 0.15) is 48.5 Å². The summed E-state index contributed by atoms with van der Waals surface area (Å²) in [7, 11) is 11.3. The number of oxazole rings is 2.